The fourth-order valence-corrected chi connectivity index (χ4v) is 2.60. The topological polar surface area (TPSA) is 61.4 Å². The third kappa shape index (κ3) is 10.7. The van der Waals surface area contributed by atoms with Crippen LogP contribution in [-0.2, 0) is 4.79 Å². The summed E-state index contributed by atoms with van der Waals surface area (Å²) in [7, 11) is 0. The van der Waals surface area contributed by atoms with Crippen molar-refractivity contribution in [3.63, 3.8) is 0 Å². The Kier molecular flexibility index (Phi) is 12.5. The number of benzene rings is 1. The van der Waals surface area contributed by atoms with Crippen molar-refractivity contribution in [2.75, 3.05) is 39.3 Å². The minimum absolute atomic E-state index is 0.0866. The predicted octanol–water partition coefficient (Wildman–Crippen LogP) is 2.48. The second kappa shape index (κ2) is 14.6. The zero-order chi connectivity index (χ0) is 18.2. The van der Waals surface area contributed by atoms with Crippen LogP contribution in [0.2, 0.25) is 0 Å². The van der Waals surface area contributed by atoms with Gasteiger partial charge < -0.3 is 20.3 Å². The van der Waals surface area contributed by atoms with Crippen molar-refractivity contribution in [2.45, 2.75) is 39.0 Å². The molecular weight excluding hydrogens is 314 g/mol. The van der Waals surface area contributed by atoms with Crippen LogP contribution in [0.1, 0.15) is 49.4 Å². The highest BCUT2D eigenvalue weighted by molar-refractivity contribution is 5.94. The third-order valence-corrected chi connectivity index (χ3v) is 4.11. The number of unbranched alkanes of at least 4 members (excludes halogenated alkanes) is 3. The van der Waals surface area contributed by atoms with E-state index in [1.165, 1.54) is 52.0 Å². The average Bonchev–Trinajstić information content (AvgIpc) is 2.67. The maximum Gasteiger partial charge on any atom is 0.251 e. The molecule has 0 radical (unpaired) electrons. The number of nitrogens with zero attached hydrogens (tertiary/aromatic N) is 1. The zero-order valence-corrected chi connectivity index (χ0v) is 15.5. The first-order valence-electron chi connectivity index (χ1n) is 9.48. The van der Waals surface area contributed by atoms with Gasteiger partial charge in [-0.2, -0.15) is 0 Å². The Balaban J connectivity index is 0.000000257. The van der Waals surface area contributed by atoms with E-state index in [9.17, 15) is 9.59 Å². The summed E-state index contributed by atoms with van der Waals surface area (Å²) in [6.45, 7) is 9.01. The number of amides is 1. The number of hydrogen-bond donors (Lipinski definition) is 2. The van der Waals surface area contributed by atoms with E-state index in [0.717, 1.165) is 6.29 Å². The molecule has 1 aromatic carbocycles. The van der Waals surface area contributed by atoms with Gasteiger partial charge in [0.15, 0.2) is 0 Å². The molecule has 2 N–H and O–H groups in total. The van der Waals surface area contributed by atoms with E-state index in [4.69, 9.17) is 0 Å². The first-order valence-corrected chi connectivity index (χ1v) is 9.48. The SMILES string of the molecule is CCCCCN1CCNCC1.O=CCCCNC(=O)c1ccccc1. The van der Waals surface area contributed by atoms with Gasteiger partial charge in [-0.3, -0.25) is 4.79 Å². The summed E-state index contributed by atoms with van der Waals surface area (Å²) in [5, 5.41) is 6.10. The number of hydrogen-bond acceptors (Lipinski definition) is 4. The molecule has 5 nitrogen and oxygen atoms in total. The third-order valence-electron chi connectivity index (χ3n) is 4.11. The highest BCUT2D eigenvalue weighted by Gasteiger charge is 2.07. The summed E-state index contributed by atoms with van der Waals surface area (Å²) >= 11 is 0. The quantitative estimate of drug-likeness (QED) is 0.532. The number of carbonyl (C=O) groups is 2. The summed E-state index contributed by atoms with van der Waals surface area (Å²) in [6, 6.07) is 9.02. The Labute approximate surface area is 152 Å². The largest absolute Gasteiger partial charge is 0.352 e. The van der Waals surface area contributed by atoms with Crippen molar-refractivity contribution in [3.05, 3.63) is 35.9 Å². The van der Waals surface area contributed by atoms with Crippen LogP contribution in [0.5, 0.6) is 0 Å². The molecule has 1 heterocycles. The van der Waals surface area contributed by atoms with Gasteiger partial charge in [-0.25, -0.2) is 0 Å². The number of aldehydes is 1. The summed E-state index contributed by atoms with van der Waals surface area (Å²) in [5.41, 5.74) is 0.651. The van der Waals surface area contributed by atoms with Crippen molar-refractivity contribution >= 4 is 12.2 Å². The predicted molar refractivity (Wildman–Crippen MR) is 103 cm³/mol. The fraction of sp³-hybridized carbons (Fsp3) is 0.600. The van der Waals surface area contributed by atoms with Crippen LogP contribution < -0.4 is 10.6 Å². The van der Waals surface area contributed by atoms with Gasteiger partial charge in [0.1, 0.15) is 6.29 Å². The van der Waals surface area contributed by atoms with Gasteiger partial charge in [0.05, 0.1) is 0 Å². The van der Waals surface area contributed by atoms with Crippen LogP contribution in [0.4, 0.5) is 0 Å². The van der Waals surface area contributed by atoms with Crippen LogP contribution in [-0.4, -0.2) is 56.4 Å². The second-order valence-electron chi connectivity index (χ2n) is 6.23. The standard InChI is InChI=1S/C11H13NO2.C9H20N2/c13-9-5-4-8-12-11(14)10-6-2-1-3-7-10;1-2-3-4-7-11-8-5-10-6-9-11/h1-3,6-7,9H,4-5,8H2,(H,12,14);10H,2-9H2,1H3. The Morgan fingerprint density at radius 3 is 2.52 bits per heavy atom. The molecular formula is C20H33N3O2. The fourth-order valence-electron chi connectivity index (χ4n) is 2.60. The lowest BCUT2D eigenvalue weighted by Crippen LogP contribution is -2.43. The summed E-state index contributed by atoms with van der Waals surface area (Å²) < 4.78 is 0. The molecule has 1 amide bonds. The molecule has 2 rings (SSSR count). The maximum atomic E-state index is 11.4. The molecule has 0 aliphatic carbocycles. The molecule has 1 aliphatic rings. The maximum absolute atomic E-state index is 11.4. The van der Waals surface area contributed by atoms with Crippen molar-refractivity contribution < 1.29 is 9.59 Å². The van der Waals surface area contributed by atoms with Crippen molar-refractivity contribution in [1.82, 2.24) is 15.5 Å². The van der Waals surface area contributed by atoms with Crippen molar-refractivity contribution in [1.29, 1.82) is 0 Å². The van der Waals surface area contributed by atoms with Gasteiger partial charge >= 0.3 is 0 Å². The van der Waals surface area contributed by atoms with E-state index >= 15 is 0 Å². The zero-order valence-electron chi connectivity index (χ0n) is 15.5. The number of carbonyl (C=O) groups excluding carboxylic acids is 2. The van der Waals surface area contributed by atoms with Crippen LogP contribution in [0.15, 0.2) is 30.3 Å². The van der Waals surface area contributed by atoms with E-state index in [1.54, 1.807) is 12.1 Å². The highest BCUT2D eigenvalue weighted by Crippen LogP contribution is 1.99. The monoisotopic (exact) mass is 347 g/mol. The number of piperazine rings is 1. The summed E-state index contributed by atoms with van der Waals surface area (Å²) in [6.07, 6.45) is 6.17. The van der Waals surface area contributed by atoms with E-state index in [-0.39, 0.29) is 5.91 Å². The van der Waals surface area contributed by atoms with Gasteiger partial charge in [0.2, 0.25) is 0 Å². The van der Waals surface area contributed by atoms with Crippen molar-refractivity contribution in [3.8, 4) is 0 Å². The lowest BCUT2D eigenvalue weighted by molar-refractivity contribution is -0.107. The molecule has 140 valence electrons. The molecule has 0 saturated carbocycles. The molecule has 0 bridgehead atoms. The van der Waals surface area contributed by atoms with Gasteiger partial charge in [-0.15, -0.1) is 0 Å². The second-order valence-corrected chi connectivity index (χ2v) is 6.23. The number of rotatable bonds is 9. The lowest BCUT2D eigenvalue weighted by Gasteiger charge is -2.26. The molecule has 0 atom stereocenters. The van der Waals surface area contributed by atoms with E-state index in [2.05, 4.69) is 22.5 Å². The minimum Gasteiger partial charge on any atom is -0.352 e. The Morgan fingerprint density at radius 2 is 1.88 bits per heavy atom. The van der Waals surface area contributed by atoms with Gasteiger partial charge in [-0.05, 0) is 31.5 Å². The molecule has 5 heteroatoms. The van der Waals surface area contributed by atoms with Crippen molar-refractivity contribution in [2.24, 2.45) is 0 Å². The van der Waals surface area contributed by atoms with E-state index in [1.807, 2.05) is 18.2 Å². The van der Waals surface area contributed by atoms with Crippen LogP contribution in [0.25, 0.3) is 0 Å². The summed E-state index contributed by atoms with van der Waals surface area (Å²) in [5.74, 6) is -0.0866. The first kappa shape index (κ1) is 21.3. The van der Waals surface area contributed by atoms with Gasteiger partial charge in [-0.1, -0.05) is 38.0 Å². The minimum atomic E-state index is -0.0866. The van der Waals surface area contributed by atoms with Crippen LogP contribution in [0.3, 0.4) is 0 Å². The molecule has 0 unspecified atom stereocenters. The Morgan fingerprint density at radius 1 is 1.16 bits per heavy atom. The molecule has 1 saturated heterocycles. The van der Waals surface area contributed by atoms with Crippen LogP contribution >= 0.6 is 0 Å². The molecule has 1 aliphatic heterocycles. The molecule has 0 aromatic heterocycles. The van der Waals surface area contributed by atoms with E-state index in [0.29, 0.717) is 24.9 Å². The average molecular weight is 348 g/mol. The normalized spacial score (nSPS) is 14.3. The van der Waals surface area contributed by atoms with E-state index < -0.39 is 0 Å². The smallest absolute Gasteiger partial charge is 0.251 e. The molecule has 1 fully saturated rings. The lowest BCUT2D eigenvalue weighted by atomic mass is 10.2. The Bertz CT molecular complexity index is 459. The van der Waals surface area contributed by atoms with Gasteiger partial charge in [0.25, 0.3) is 5.91 Å². The Hall–Kier alpha value is -1.72. The highest BCUT2D eigenvalue weighted by atomic mass is 16.1. The molecule has 1 aromatic rings. The van der Waals surface area contributed by atoms with Gasteiger partial charge in [0, 0.05) is 44.7 Å². The molecule has 25 heavy (non-hydrogen) atoms. The van der Waals surface area contributed by atoms with Crippen LogP contribution in [0, 0.1) is 0 Å². The summed E-state index contributed by atoms with van der Waals surface area (Å²) in [4.78, 5) is 24.0. The number of nitrogens with one attached hydrogen (secondary N) is 2. The first-order chi connectivity index (χ1) is 12.3. The molecule has 0 spiro atoms.